The number of hydrogen-bond donors (Lipinski definition) is 2. The summed E-state index contributed by atoms with van der Waals surface area (Å²) < 4.78 is 7.04. The molecule has 2 aromatic heterocycles. The van der Waals surface area contributed by atoms with Crippen LogP contribution in [0.25, 0.3) is 11.0 Å². The molecule has 12 heteroatoms. The number of aromatic nitrogens is 4. The van der Waals surface area contributed by atoms with E-state index in [2.05, 4.69) is 63.3 Å². The fourth-order valence-electron chi connectivity index (χ4n) is 6.31. The van der Waals surface area contributed by atoms with Crippen LogP contribution in [0.5, 0.6) is 5.75 Å². The van der Waals surface area contributed by atoms with Crippen molar-refractivity contribution < 1.29 is 4.74 Å². The number of likely N-dealkylation sites (tertiary alicyclic amines) is 1. The fourth-order valence-corrected chi connectivity index (χ4v) is 6.92. The standard InChI is InChI=1S/C30H33BrClN9O/c1-18-24(3-4-25-27(18)34-8-7-33-25)37-29-22(31)15-35-30(38-29)36-19-13-23(32)28-26(14-19)42-17-21-16-40(11-12-41(21)28)20-5-9-39(2)10-6-20/h3-4,7-8,13-15,20-21H,5-6,9-12,16-17H2,1-2H3,(H2,35,36,37,38). The van der Waals surface area contributed by atoms with Crippen molar-refractivity contribution in [3.05, 3.63) is 57.9 Å². The maximum absolute atomic E-state index is 6.91. The number of piperidine rings is 1. The van der Waals surface area contributed by atoms with Gasteiger partial charge < -0.3 is 25.2 Å². The van der Waals surface area contributed by atoms with Gasteiger partial charge in [0, 0.05) is 67.3 Å². The van der Waals surface area contributed by atoms with Gasteiger partial charge in [0.15, 0.2) is 0 Å². The van der Waals surface area contributed by atoms with Gasteiger partial charge in [-0.25, -0.2) is 4.98 Å². The lowest BCUT2D eigenvalue weighted by atomic mass is 10.00. The van der Waals surface area contributed by atoms with Gasteiger partial charge in [0.05, 0.1) is 32.3 Å². The fraction of sp³-hybridized carbons (Fsp3) is 0.400. The summed E-state index contributed by atoms with van der Waals surface area (Å²) in [6.45, 7) is 8.02. The van der Waals surface area contributed by atoms with Gasteiger partial charge in [-0.2, -0.15) is 4.98 Å². The van der Waals surface area contributed by atoms with E-state index in [0.717, 1.165) is 63.5 Å². The molecule has 5 heterocycles. The zero-order valence-corrected chi connectivity index (χ0v) is 26.0. The Kier molecular flexibility index (Phi) is 7.51. The van der Waals surface area contributed by atoms with E-state index in [1.54, 1.807) is 18.6 Å². The highest BCUT2D eigenvalue weighted by Crippen LogP contribution is 2.44. The Balaban J connectivity index is 1.07. The van der Waals surface area contributed by atoms with Crippen LogP contribution in [0.1, 0.15) is 18.4 Å². The molecule has 218 valence electrons. The molecule has 0 aliphatic carbocycles. The van der Waals surface area contributed by atoms with E-state index in [9.17, 15) is 0 Å². The lowest BCUT2D eigenvalue weighted by Gasteiger charge is -2.49. The third-order valence-electron chi connectivity index (χ3n) is 8.61. The number of nitrogens with one attached hydrogen (secondary N) is 2. The Hall–Kier alpha value is -3.25. The van der Waals surface area contributed by atoms with Crippen molar-refractivity contribution in [2.24, 2.45) is 0 Å². The van der Waals surface area contributed by atoms with E-state index >= 15 is 0 Å². The minimum Gasteiger partial charge on any atom is -0.489 e. The molecule has 4 aromatic rings. The summed E-state index contributed by atoms with van der Waals surface area (Å²) in [4.78, 5) is 25.6. The summed E-state index contributed by atoms with van der Waals surface area (Å²) in [5.74, 6) is 1.86. The van der Waals surface area contributed by atoms with Crippen LogP contribution in [0, 0.1) is 6.92 Å². The first-order valence-corrected chi connectivity index (χ1v) is 15.5. The highest BCUT2D eigenvalue weighted by Gasteiger charge is 2.37. The molecule has 0 saturated carbocycles. The van der Waals surface area contributed by atoms with E-state index in [-0.39, 0.29) is 0 Å². The minimum atomic E-state index is 0.301. The van der Waals surface area contributed by atoms with Crippen molar-refractivity contribution in [3.63, 3.8) is 0 Å². The summed E-state index contributed by atoms with van der Waals surface area (Å²) in [5, 5.41) is 7.39. The van der Waals surface area contributed by atoms with E-state index in [1.807, 2.05) is 31.2 Å². The predicted molar refractivity (Wildman–Crippen MR) is 171 cm³/mol. The third kappa shape index (κ3) is 5.34. The molecule has 1 unspecified atom stereocenters. The highest BCUT2D eigenvalue weighted by atomic mass is 79.9. The first kappa shape index (κ1) is 27.6. The largest absolute Gasteiger partial charge is 0.489 e. The monoisotopic (exact) mass is 649 g/mol. The van der Waals surface area contributed by atoms with Gasteiger partial charge in [-0.05, 0) is 74.0 Å². The molecule has 0 amide bonds. The number of rotatable bonds is 5. The van der Waals surface area contributed by atoms with Crippen molar-refractivity contribution >= 4 is 67.4 Å². The second kappa shape index (κ2) is 11.4. The Morgan fingerprint density at radius 2 is 1.83 bits per heavy atom. The van der Waals surface area contributed by atoms with Crippen LogP contribution in [0.2, 0.25) is 5.02 Å². The second-order valence-corrected chi connectivity index (χ2v) is 12.6. The Bertz CT molecular complexity index is 1630. The van der Waals surface area contributed by atoms with Crippen LogP contribution in [-0.4, -0.2) is 88.2 Å². The normalized spacial score (nSPS) is 19.7. The molecule has 0 bridgehead atoms. The van der Waals surface area contributed by atoms with Crippen molar-refractivity contribution in [2.75, 3.05) is 61.9 Å². The molecule has 2 fully saturated rings. The molecule has 3 aliphatic heterocycles. The lowest BCUT2D eigenvalue weighted by molar-refractivity contribution is 0.0868. The highest BCUT2D eigenvalue weighted by molar-refractivity contribution is 9.10. The Labute approximate surface area is 258 Å². The number of fused-ring (bicyclic) bond motifs is 4. The molecule has 2 N–H and O–H groups in total. The van der Waals surface area contributed by atoms with Crippen molar-refractivity contribution in [3.8, 4) is 5.75 Å². The van der Waals surface area contributed by atoms with Gasteiger partial charge in [0.2, 0.25) is 5.95 Å². The molecule has 1 atom stereocenters. The van der Waals surface area contributed by atoms with Crippen molar-refractivity contribution in [2.45, 2.75) is 31.8 Å². The van der Waals surface area contributed by atoms with E-state index < -0.39 is 0 Å². The molecular weight excluding hydrogens is 618 g/mol. The minimum absolute atomic E-state index is 0.301. The van der Waals surface area contributed by atoms with Crippen LogP contribution >= 0.6 is 27.5 Å². The molecule has 0 spiro atoms. The molecule has 0 radical (unpaired) electrons. The van der Waals surface area contributed by atoms with Crippen LogP contribution < -0.4 is 20.3 Å². The maximum atomic E-state index is 6.91. The summed E-state index contributed by atoms with van der Waals surface area (Å²) in [6.07, 6.45) is 7.59. The predicted octanol–water partition coefficient (Wildman–Crippen LogP) is 5.61. The van der Waals surface area contributed by atoms with Crippen LogP contribution in [0.15, 0.2) is 47.3 Å². The van der Waals surface area contributed by atoms with Gasteiger partial charge in [-0.15, -0.1) is 0 Å². The molecular formula is C30H33BrClN9O. The molecule has 2 aromatic carbocycles. The third-order valence-corrected chi connectivity index (χ3v) is 9.48. The van der Waals surface area contributed by atoms with Crippen molar-refractivity contribution in [1.29, 1.82) is 0 Å². The van der Waals surface area contributed by atoms with E-state index in [0.29, 0.717) is 35.5 Å². The zero-order valence-electron chi connectivity index (χ0n) is 23.6. The Morgan fingerprint density at radius 1 is 1.00 bits per heavy atom. The number of piperazine rings is 1. The average Bonchev–Trinajstić information content (AvgIpc) is 3.00. The summed E-state index contributed by atoms with van der Waals surface area (Å²) >= 11 is 10.5. The smallest absolute Gasteiger partial charge is 0.229 e. The van der Waals surface area contributed by atoms with E-state index in [4.69, 9.17) is 21.3 Å². The first-order chi connectivity index (χ1) is 20.4. The number of benzene rings is 2. The van der Waals surface area contributed by atoms with Gasteiger partial charge in [-0.3, -0.25) is 14.9 Å². The Morgan fingerprint density at radius 3 is 2.69 bits per heavy atom. The average molecular weight is 651 g/mol. The van der Waals surface area contributed by atoms with Crippen LogP contribution in [0.4, 0.5) is 28.8 Å². The molecule has 7 rings (SSSR count). The van der Waals surface area contributed by atoms with Crippen molar-refractivity contribution in [1.82, 2.24) is 29.7 Å². The summed E-state index contributed by atoms with van der Waals surface area (Å²) in [6, 6.07) is 8.81. The molecule has 42 heavy (non-hydrogen) atoms. The summed E-state index contributed by atoms with van der Waals surface area (Å²) in [7, 11) is 2.22. The SMILES string of the molecule is Cc1c(Nc2nc(Nc3cc(Cl)c4c(c3)OCC3CN(C5CCN(C)CC5)CCN43)ncc2Br)ccc2nccnc12. The number of anilines is 5. The van der Waals surface area contributed by atoms with Gasteiger partial charge in [-0.1, -0.05) is 11.6 Å². The number of ether oxygens (including phenoxy) is 1. The van der Waals surface area contributed by atoms with Crippen LogP contribution in [-0.2, 0) is 0 Å². The maximum Gasteiger partial charge on any atom is 0.229 e. The molecule has 10 nitrogen and oxygen atoms in total. The first-order valence-electron chi connectivity index (χ1n) is 14.4. The van der Waals surface area contributed by atoms with E-state index in [1.165, 1.54) is 25.9 Å². The number of halogens is 2. The number of aryl methyl sites for hydroxylation is 1. The number of hydrogen-bond acceptors (Lipinski definition) is 10. The second-order valence-electron chi connectivity index (χ2n) is 11.3. The molecule has 2 saturated heterocycles. The van der Waals surface area contributed by atoms with Crippen LogP contribution in [0.3, 0.4) is 0 Å². The quantitative estimate of drug-likeness (QED) is 0.284. The van der Waals surface area contributed by atoms with Gasteiger partial charge in [0.1, 0.15) is 18.2 Å². The zero-order chi connectivity index (χ0) is 28.8. The lowest BCUT2D eigenvalue weighted by Crippen LogP contribution is -2.60. The van der Waals surface area contributed by atoms with Gasteiger partial charge in [0.25, 0.3) is 0 Å². The van der Waals surface area contributed by atoms with Gasteiger partial charge >= 0.3 is 0 Å². The molecule has 3 aliphatic rings. The topological polar surface area (TPSA) is 94.6 Å². The number of nitrogens with zero attached hydrogens (tertiary/aromatic N) is 7. The summed E-state index contributed by atoms with van der Waals surface area (Å²) in [5.41, 5.74) is 5.33.